The van der Waals surface area contributed by atoms with Gasteiger partial charge in [0.2, 0.25) is 5.91 Å². The number of anilines is 1. The van der Waals surface area contributed by atoms with E-state index in [0.29, 0.717) is 29.5 Å². The van der Waals surface area contributed by atoms with E-state index in [9.17, 15) is 19.6 Å². The number of hydrogen-bond acceptors (Lipinski definition) is 10. The highest BCUT2D eigenvalue weighted by atomic mass is 35.5. The van der Waals surface area contributed by atoms with Crippen molar-refractivity contribution in [3.63, 3.8) is 0 Å². The molecule has 1 fully saturated rings. The average Bonchev–Trinajstić information content (AvgIpc) is 3.37. The van der Waals surface area contributed by atoms with Crippen LogP contribution >= 0.6 is 11.6 Å². The van der Waals surface area contributed by atoms with Crippen molar-refractivity contribution in [1.82, 2.24) is 21.5 Å². The van der Waals surface area contributed by atoms with Crippen LogP contribution < -0.4 is 36.6 Å². The Morgan fingerprint density at radius 1 is 1.02 bits per heavy atom. The third-order valence-electron chi connectivity index (χ3n) is 7.68. The summed E-state index contributed by atoms with van der Waals surface area (Å²) in [4.78, 5) is 32.5. The fourth-order valence-corrected chi connectivity index (χ4v) is 5.63. The quantitative estimate of drug-likeness (QED) is 0.118. The SMILES string of the molecule is CCNC(=O)C[C@@H]1N=C(c2ccc(Cl)cc2)c2cc(OCCOCCNC(=O)c3cccc(B(O)O)c3)ccc2N2C(C)NNC12. The van der Waals surface area contributed by atoms with Crippen LogP contribution in [0.3, 0.4) is 0 Å². The summed E-state index contributed by atoms with van der Waals surface area (Å²) in [6.07, 6.45) is -0.112. The summed E-state index contributed by atoms with van der Waals surface area (Å²) in [6.45, 7) is 5.61. The van der Waals surface area contributed by atoms with E-state index in [1.165, 1.54) is 12.1 Å². The summed E-state index contributed by atoms with van der Waals surface area (Å²) < 4.78 is 11.7. The first kappa shape index (κ1) is 33.4. The molecule has 3 atom stereocenters. The molecule has 6 N–H and O–H groups in total. The number of carbonyl (C=O) groups is 2. The molecule has 1 saturated heterocycles. The topological polar surface area (TPSA) is 157 Å². The molecule has 14 heteroatoms. The Kier molecular flexibility index (Phi) is 11.3. The number of fused-ring (bicyclic) bond motifs is 3. The molecule has 2 heterocycles. The molecule has 2 aliphatic rings. The summed E-state index contributed by atoms with van der Waals surface area (Å²) in [5.41, 5.74) is 10.6. The molecule has 0 bridgehead atoms. The monoisotopic (exact) mass is 648 g/mol. The number of hydrazine groups is 1. The number of ether oxygens (including phenoxy) is 2. The molecular formula is C32H38BClN6O6. The lowest BCUT2D eigenvalue weighted by atomic mass is 9.79. The van der Waals surface area contributed by atoms with Crippen molar-refractivity contribution in [2.75, 3.05) is 37.8 Å². The Labute approximate surface area is 273 Å². The number of amides is 2. The van der Waals surface area contributed by atoms with Gasteiger partial charge in [-0.05, 0) is 61.8 Å². The van der Waals surface area contributed by atoms with Gasteiger partial charge in [0.15, 0.2) is 0 Å². The zero-order chi connectivity index (χ0) is 32.6. The number of halogens is 1. The van der Waals surface area contributed by atoms with Gasteiger partial charge in [0.25, 0.3) is 5.91 Å². The van der Waals surface area contributed by atoms with Gasteiger partial charge in [-0.3, -0.25) is 14.6 Å². The van der Waals surface area contributed by atoms with Crippen molar-refractivity contribution in [2.45, 2.75) is 38.6 Å². The molecule has 0 saturated carbocycles. The first-order valence-electron chi connectivity index (χ1n) is 15.2. The van der Waals surface area contributed by atoms with E-state index in [-0.39, 0.29) is 61.8 Å². The first-order valence-corrected chi connectivity index (χ1v) is 15.6. The van der Waals surface area contributed by atoms with Gasteiger partial charge in [-0.15, -0.1) is 0 Å². The molecule has 2 amide bonds. The maximum Gasteiger partial charge on any atom is 0.488 e. The van der Waals surface area contributed by atoms with Crippen LogP contribution in [-0.2, 0) is 9.53 Å². The van der Waals surface area contributed by atoms with Crippen LogP contribution in [0.25, 0.3) is 0 Å². The molecule has 3 aromatic carbocycles. The van der Waals surface area contributed by atoms with Crippen LogP contribution in [0.15, 0.2) is 71.7 Å². The van der Waals surface area contributed by atoms with Crippen molar-refractivity contribution in [3.05, 3.63) is 88.4 Å². The molecular weight excluding hydrogens is 611 g/mol. The van der Waals surface area contributed by atoms with Crippen molar-refractivity contribution < 1.29 is 29.1 Å². The Bertz CT molecular complexity index is 1560. The van der Waals surface area contributed by atoms with E-state index < -0.39 is 7.12 Å². The predicted molar refractivity (Wildman–Crippen MR) is 178 cm³/mol. The second-order valence-corrected chi connectivity index (χ2v) is 11.4. The average molecular weight is 649 g/mol. The van der Waals surface area contributed by atoms with Crippen LogP contribution in [-0.4, -0.2) is 86.0 Å². The fraction of sp³-hybridized carbons (Fsp3) is 0.344. The van der Waals surface area contributed by atoms with Crippen molar-refractivity contribution in [3.8, 4) is 5.75 Å². The largest absolute Gasteiger partial charge is 0.491 e. The van der Waals surface area contributed by atoms with E-state index in [1.54, 1.807) is 12.1 Å². The second kappa shape index (κ2) is 15.5. The molecule has 242 valence electrons. The Balaban J connectivity index is 1.25. The highest BCUT2D eigenvalue weighted by molar-refractivity contribution is 6.58. The highest BCUT2D eigenvalue weighted by Crippen LogP contribution is 2.36. The molecule has 0 aromatic heterocycles. The standard InChI is InChI=1S/C32H38BClN6O6/c1-3-35-29(41)19-27-31-39-38-20(2)40(31)28-12-11-25(18-26(28)30(37-27)21-7-9-24(34)10-8-21)46-16-15-45-14-13-36-32(42)22-5-4-6-23(17-22)33(43)44/h4-12,17-18,20,27,31,38-39,43-44H,3,13-16,19H2,1-2H3,(H,35,41)(H,36,42)/t20?,27-,31?/m0/s1. The minimum absolute atomic E-state index is 0.0638. The second-order valence-electron chi connectivity index (χ2n) is 10.9. The van der Waals surface area contributed by atoms with Crippen LogP contribution in [0.1, 0.15) is 41.8 Å². The van der Waals surface area contributed by atoms with Crippen LogP contribution in [0.2, 0.25) is 5.02 Å². The van der Waals surface area contributed by atoms with Gasteiger partial charge < -0.3 is 35.1 Å². The number of carbonyl (C=O) groups excluding carboxylic acids is 2. The number of hydrogen-bond donors (Lipinski definition) is 6. The Hall–Kier alpha value is -3.98. The number of rotatable bonds is 13. The lowest BCUT2D eigenvalue weighted by Crippen LogP contribution is -2.47. The number of nitrogens with one attached hydrogen (secondary N) is 4. The van der Waals surface area contributed by atoms with Gasteiger partial charge >= 0.3 is 7.12 Å². The van der Waals surface area contributed by atoms with Gasteiger partial charge in [-0.2, -0.15) is 0 Å². The maximum atomic E-state index is 12.7. The zero-order valence-electron chi connectivity index (χ0n) is 25.7. The highest BCUT2D eigenvalue weighted by Gasteiger charge is 2.40. The third-order valence-corrected chi connectivity index (χ3v) is 7.93. The predicted octanol–water partition coefficient (Wildman–Crippen LogP) is 1.18. The molecule has 0 spiro atoms. The van der Waals surface area contributed by atoms with E-state index in [0.717, 1.165) is 22.5 Å². The molecule has 5 rings (SSSR count). The maximum absolute atomic E-state index is 12.7. The first-order chi connectivity index (χ1) is 22.2. The summed E-state index contributed by atoms with van der Waals surface area (Å²) >= 11 is 6.21. The minimum Gasteiger partial charge on any atom is -0.491 e. The van der Waals surface area contributed by atoms with Gasteiger partial charge in [-0.25, -0.2) is 10.9 Å². The fourth-order valence-electron chi connectivity index (χ4n) is 5.51. The molecule has 3 aromatic rings. The number of nitrogens with zero attached hydrogens (tertiary/aromatic N) is 2. The molecule has 12 nitrogen and oxygen atoms in total. The summed E-state index contributed by atoms with van der Waals surface area (Å²) in [5, 5.41) is 24.9. The van der Waals surface area contributed by atoms with Crippen molar-refractivity contribution in [2.24, 2.45) is 4.99 Å². The van der Waals surface area contributed by atoms with Gasteiger partial charge in [0.05, 0.1) is 37.6 Å². The number of benzene rings is 3. The van der Waals surface area contributed by atoms with Crippen molar-refractivity contribution in [1.29, 1.82) is 0 Å². The van der Waals surface area contributed by atoms with Gasteiger partial charge in [0, 0.05) is 40.5 Å². The van der Waals surface area contributed by atoms with Gasteiger partial charge in [0.1, 0.15) is 18.5 Å². The summed E-state index contributed by atoms with van der Waals surface area (Å²) in [6, 6.07) is 19.1. The summed E-state index contributed by atoms with van der Waals surface area (Å²) in [7, 11) is -1.64. The molecule has 2 aliphatic heterocycles. The van der Waals surface area contributed by atoms with Crippen LogP contribution in [0.5, 0.6) is 5.75 Å². The van der Waals surface area contributed by atoms with Crippen LogP contribution in [0, 0.1) is 0 Å². The molecule has 0 aliphatic carbocycles. The Morgan fingerprint density at radius 2 is 1.83 bits per heavy atom. The zero-order valence-corrected chi connectivity index (χ0v) is 26.5. The molecule has 2 unspecified atom stereocenters. The van der Waals surface area contributed by atoms with E-state index >= 15 is 0 Å². The lowest BCUT2D eigenvalue weighted by Gasteiger charge is -2.31. The van der Waals surface area contributed by atoms with Gasteiger partial charge in [-0.1, -0.05) is 35.9 Å². The smallest absolute Gasteiger partial charge is 0.488 e. The van der Waals surface area contributed by atoms with E-state index in [4.69, 9.17) is 26.1 Å². The molecule has 0 radical (unpaired) electrons. The lowest BCUT2D eigenvalue weighted by molar-refractivity contribution is -0.121. The van der Waals surface area contributed by atoms with E-state index in [2.05, 4.69) is 26.4 Å². The van der Waals surface area contributed by atoms with Crippen molar-refractivity contribution >= 4 is 47.4 Å². The van der Waals surface area contributed by atoms with Crippen LogP contribution in [0.4, 0.5) is 5.69 Å². The minimum atomic E-state index is -1.64. The molecule has 46 heavy (non-hydrogen) atoms. The summed E-state index contributed by atoms with van der Waals surface area (Å²) in [5.74, 6) is 0.228. The third kappa shape index (κ3) is 8.05. The normalized spacial score (nSPS) is 18.6. The van der Waals surface area contributed by atoms with E-state index in [1.807, 2.05) is 56.3 Å². The number of aliphatic imine (C=N–C) groups is 1. The Morgan fingerprint density at radius 3 is 2.59 bits per heavy atom.